The fraction of sp³-hybridized carbons (Fsp3) is 0. The summed E-state index contributed by atoms with van der Waals surface area (Å²) in [6, 6.07) is 4.61. The van der Waals surface area contributed by atoms with Crippen LogP contribution in [-0.2, 0) is 0 Å². The lowest BCUT2D eigenvalue weighted by Gasteiger charge is -2.04. The van der Waals surface area contributed by atoms with Gasteiger partial charge in [0, 0.05) is 12.3 Å². The number of rotatable bonds is 4. The van der Waals surface area contributed by atoms with E-state index in [4.69, 9.17) is 5.11 Å². The van der Waals surface area contributed by atoms with Gasteiger partial charge in [-0.05, 0) is 34.1 Å². The molecule has 0 unspecified atom stereocenters. The predicted molar refractivity (Wildman–Crippen MR) is 76.1 cm³/mol. The summed E-state index contributed by atoms with van der Waals surface area (Å²) in [7, 11) is 0. The maximum atomic E-state index is 13.5. The summed E-state index contributed by atoms with van der Waals surface area (Å²) >= 11 is 3.70. The molecule has 1 heterocycles. The Balaban J connectivity index is 2.43. The molecule has 0 spiro atoms. The smallest absolute Gasteiger partial charge is 0.335 e. The van der Waals surface area contributed by atoms with Crippen LogP contribution in [0, 0.1) is 15.9 Å². The SMILES string of the molecule is O=C(O)c1ccnc(Sc2cc(F)c(Br)cc2[N+](=O)[O-])c1. The molecule has 0 amide bonds. The number of aromatic nitrogens is 1. The average Bonchev–Trinajstić information content (AvgIpc) is 2.42. The average molecular weight is 373 g/mol. The van der Waals surface area contributed by atoms with Crippen molar-refractivity contribution in [2.75, 3.05) is 0 Å². The minimum atomic E-state index is -1.14. The number of carboxylic acids is 1. The second-order valence-corrected chi connectivity index (χ2v) is 5.70. The van der Waals surface area contributed by atoms with E-state index in [0.717, 1.165) is 23.9 Å². The Morgan fingerprint density at radius 2 is 2.14 bits per heavy atom. The van der Waals surface area contributed by atoms with Gasteiger partial charge in [0.2, 0.25) is 0 Å². The molecule has 0 fully saturated rings. The van der Waals surface area contributed by atoms with Crippen LogP contribution in [-0.4, -0.2) is 21.0 Å². The number of carboxylic acid groups (broad SMARTS) is 1. The number of nitrogens with zero attached hydrogens (tertiary/aromatic N) is 2. The topological polar surface area (TPSA) is 93.3 Å². The maximum Gasteiger partial charge on any atom is 0.335 e. The highest BCUT2D eigenvalue weighted by Gasteiger charge is 2.19. The molecule has 0 bridgehead atoms. The highest BCUT2D eigenvalue weighted by atomic mass is 79.9. The molecule has 0 aliphatic heterocycles. The highest BCUT2D eigenvalue weighted by molar-refractivity contribution is 9.10. The zero-order valence-corrected chi connectivity index (χ0v) is 12.5. The molecule has 2 rings (SSSR count). The fourth-order valence-electron chi connectivity index (χ4n) is 1.45. The predicted octanol–water partition coefficient (Wildman–Crippen LogP) is 3.74. The molecule has 21 heavy (non-hydrogen) atoms. The van der Waals surface area contributed by atoms with Crippen LogP contribution in [0.5, 0.6) is 0 Å². The van der Waals surface area contributed by atoms with Crippen LogP contribution < -0.4 is 0 Å². The van der Waals surface area contributed by atoms with Gasteiger partial charge in [0.15, 0.2) is 0 Å². The Labute approximate surface area is 130 Å². The first-order valence-electron chi connectivity index (χ1n) is 5.39. The fourth-order valence-corrected chi connectivity index (χ4v) is 2.71. The summed E-state index contributed by atoms with van der Waals surface area (Å²) < 4.78 is 13.5. The van der Waals surface area contributed by atoms with Crippen molar-refractivity contribution >= 4 is 39.3 Å². The third-order valence-corrected chi connectivity index (χ3v) is 3.98. The summed E-state index contributed by atoms with van der Waals surface area (Å²) in [6.45, 7) is 0. The number of pyridine rings is 1. The molecule has 0 aliphatic carbocycles. The van der Waals surface area contributed by atoms with Crippen molar-refractivity contribution in [3.63, 3.8) is 0 Å². The van der Waals surface area contributed by atoms with E-state index in [1.807, 2.05) is 0 Å². The van der Waals surface area contributed by atoms with Crippen LogP contribution in [0.15, 0.2) is 44.9 Å². The van der Waals surface area contributed by atoms with E-state index in [1.54, 1.807) is 0 Å². The molecule has 1 N–H and O–H groups in total. The van der Waals surface area contributed by atoms with Crippen LogP contribution in [0.3, 0.4) is 0 Å². The van der Waals surface area contributed by atoms with E-state index in [-0.39, 0.29) is 25.6 Å². The standard InChI is InChI=1S/C12H6BrFN2O4S/c13-7-4-9(16(19)20)10(5-8(7)14)21-11-3-6(12(17)18)1-2-15-11/h1-5H,(H,17,18). The Hall–Kier alpha value is -2.00. The summed E-state index contributed by atoms with van der Waals surface area (Å²) in [5, 5.41) is 20.1. The zero-order valence-electron chi connectivity index (χ0n) is 10.1. The molecule has 9 heteroatoms. The Morgan fingerprint density at radius 1 is 1.43 bits per heavy atom. The van der Waals surface area contributed by atoms with E-state index in [9.17, 15) is 19.3 Å². The quantitative estimate of drug-likeness (QED) is 0.648. The minimum absolute atomic E-state index is 0.00673. The van der Waals surface area contributed by atoms with E-state index >= 15 is 0 Å². The van der Waals surface area contributed by atoms with Crippen molar-refractivity contribution in [3.05, 3.63) is 56.4 Å². The molecule has 2 aromatic rings. The van der Waals surface area contributed by atoms with Gasteiger partial charge in [0.05, 0.1) is 19.9 Å². The largest absolute Gasteiger partial charge is 0.478 e. The first-order valence-corrected chi connectivity index (χ1v) is 7.00. The van der Waals surface area contributed by atoms with Crippen molar-refractivity contribution in [1.82, 2.24) is 4.98 Å². The van der Waals surface area contributed by atoms with Crippen LogP contribution in [0.1, 0.15) is 10.4 Å². The monoisotopic (exact) mass is 372 g/mol. The highest BCUT2D eigenvalue weighted by Crippen LogP contribution is 2.37. The lowest BCUT2D eigenvalue weighted by molar-refractivity contribution is -0.387. The van der Waals surface area contributed by atoms with Gasteiger partial charge in [-0.3, -0.25) is 10.1 Å². The van der Waals surface area contributed by atoms with Gasteiger partial charge in [-0.2, -0.15) is 0 Å². The number of halogens is 2. The molecule has 1 aromatic heterocycles. The molecule has 6 nitrogen and oxygen atoms in total. The number of aromatic carboxylic acids is 1. The number of nitro groups is 1. The minimum Gasteiger partial charge on any atom is -0.478 e. The Morgan fingerprint density at radius 3 is 2.76 bits per heavy atom. The first kappa shape index (κ1) is 15.4. The van der Waals surface area contributed by atoms with Crippen LogP contribution in [0.4, 0.5) is 10.1 Å². The second-order valence-electron chi connectivity index (χ2n) is 3.78. The van der Waals surface area contributed by atoms with Gasteiger partial charge in [-0.1, -0.05) is 11.8 Å². The Bertz CT molecular complexity index is 741. The normalized spacial score (nSPS) is 10.4. The lowest BCUT2D eigenvalue weighted by atomic mass is 10.3. The summed E-state index contributed by atoms with van der Waals surface area (Å²) in [5.74, 6) is -1.80. The molecular formula is C12H6BrFN2O4S. The number of carbonyl (C=O) groups is 1. The van der Waals surface area contributed by atoms with Gasteiger partial charge in [0.25, 0.3) is 5.69 Å². The van der Waals surface area contributed by atoms with Crippen molar-refractivity contribution in [2.24, 2.45) is 0 Å². The molecule has 1 aromatic carbocycles. The van der Waals surface area contributed by atoms with Crippen molar-refractivity contribution in [1.29, 1.82) is 0 Å². The molecule has 0 aliphatic rings. The van der Waals surface area contributed by atoms with E-state index in [0.29, 0.717) is 0 Å². The van der Waals surface area contributed by atoms with E-state index < -0.39 is 16.7 Å². The van der Waals surface area contributed by atoms with Gasteiger partial charge in [-0.15, -0.1) is 0 Å². The van der Waals surface area contributed by atoms with Gasteiger partial charge in [-0.25, -0.2) is 14.2 Å². The number of hydrogen-bond donors (Lipinski definition) is 1. The van der Waals surface area contributed by atoms with Crippen LogP contribution in [0.25, 0.3) is 0 Å². The summed E-state index contributed by atoms with van der Waals surface area (Å²) in [4.78, 5) is 25.2. The van der Waals surface area contributed by atoms with Crippen LogP contribution >= 0.6 is 27.7 Å². The van der Waals surface area contributed by atoms with Gasteiger partial charge >= 0.3 is 5.97 Å². The second kappa shape index (κ2) is 6.19. The van der Waals surface area contributed by atoms with E-state index in [2.05, 4.69) is 20.9 Å². The molecule has 0 saturated carbocycles. The van der Waals surface area contributed by atoms with Gasteiger partial charge < -0.3 is 5.11 Å². The molecular weight excluding hydrogens is 367 g/mol. The molecule has 0 saturated heterocycles. The van der Waals surface area contributed by atoms with Crippen molar-refractivity contribution in [3.8, 4) is 0 Å². The van der Waals surface area contributed by atoms with Crippen molar-refractivity contribution in [2.45, 2.75) is 9.92 Å². The first-order chi connectivity index (χ1) is 9.88. The van der Waals surface area contributed by atoms with Crippen LogP contribution in [0.2, 0.25) is 0 Å². The number of nitro benzene ring substituents is 1. The molecule has 0 radical (unpaired) electrons. The lowest BCUT2D eigenvalue weighted by Crippen LogP contribution is -1.97. The number of hydrogen-bond acceptors (Lipinski definition) is 5. The third-order valence-electron chi connectivity index (χ3n) is 2.39. The van der Waals surface area contributed by atoms with Crippen molar-refractivity contribution < 1.29 is 19.2 Å². The third kappa shape index (κ3) is 3.56. The van der Waals surface area contributed by atoms with Gasteiger partial charge in [0.1, 0.15) is 10.8 Å². The maximum absolute atomic E-state index is 13.5. The molecule has 108 valence electrons. The summed E-state index contributed by atoms with van der Waals surface area (Å²) in [6.07, 6.45) is 1.27. The zero-order chi connectivity index (χ0) is 15.6. The van der Waals surface area contributed by atoms with E-state index in [1.165, 1.54) is 18.3 Å². The summed E-state index contributed by atoms with van der Waals surface area (Å²) in [5.41, 5.74) is -0.302. The Kier molecular flexibility index (Phi) is 4.53. The molecule has 0 atom stereocenters. The number of benzene rings is 1.